The van der Waals surface area contributed by atoms with Gasteiger partial charge in [-0.2, -0.15) is 4.31 Å². The highest BCUT2D eigenvalue weighted by atomic mass is 32.2. The maximum absolute atomic E-state index is 12.7. The summed E-state index contributed by atoms with van der Waals surface area (Å²) in [6, 6.07) is 8.35. The summed E-state index contributed by atoms with van der Waals surface area (Å²) in [5.41, 5.74) is 0. The molecule has 0 saturated carbocycles. The van der Waals surface area contributed by atoms with E-state index in [2.05, 4.69) is 13.8 Å². The molecule has 2 aliphatic heterocycles. The molecular weight excluding hydrogens is 390 g/mol. The van der Waals surface area contributed by atoms with E-state index in [0.717, 1.165) is 19.5 Å². The molecule has 29 heavy (non-hydrogen) atoms. The highest BCUT2D eigenvalue weighted by Crippen LogP contribution is 2.22. The first-order valence-electron chi connectivity index (χ1n) is 10.4. The molecule has 2 aliphatic rings. The summed E-state index contributed by atoms with van der Waals surface area (Å²) in [6.07, 6.45) is 1.54. The molecular formula is C21H31N3O4S. The van der Waals surface area contributed by atoms with Gasteiger partial charge in [-0.15, -0.1) is 0 Å². The van der Waals surface area contributed by atoms with Gasteiger partial charge in [0.15, 0.2) is 0 Å². The minimum atomic E-state index is -3.53. The number of piperazine rings is 1. The Balaban J connectivity index is 1.47. The second-order valence-electron chi connectivity index (χ2n) is 8.34. The lowest BCUT2D eigenvalue weighted by Gasteiger charge is -2.36. The maximum atomic E-state index is 12.7. The van der Waals surface area contributed by atoms with Gasteiger partial charge < -0.3 is 9.80 Å². The van der Waals surface area contributed by atoms with Crippen LogP contribution < -0.4 is 0 Å². The molecule has 0 bridgehead atoms. The van der Waals surface area contributed by atoms with E-state index in [1.807, 2.05) is 4.90 Å². The van der Waals surface area contributed by atoms with E-state index in [-0.39, 0.29) is 42.6 Å². The van der Waals surface area contributed by atoms with Gasteiger partial charge in [0.05, 0.1) is 4.90 Å². The molecule has 1 aromatic rings. The zero-order chi connectivity index (χ0) is 21.0. The van der Waals surface area contributed by atoms with Crippen molar-refractivity contribution in [2.24, 2.45) is 11.8 Å². The Labute approximate surface area is 173 Å². The normalized spacial score (nSPS) is 23.8. The van der Waals surface area contributed by atoms with E-state index in [1.165, 1.54) is 4.31 Å². The van der Waals surface area contributed by atoms with Crippen LogP contribution in [0, 0.1) is 11.8 Å². The lowest BCUT2D eigenvalue weighted by atomic mass is 9.91. The van der Waals surface area contributed by atoms with Crippen molar-refractivity contribution in [3.05, 3.63) is 30.3 Å². The number of benzene rings is 1. The van der Waals surface area contributed by atoms with Crippen molar-refractivity contribution in [3.8, 4) is 0 Å². The Morgan fingerprint density at radius 1 is 0.862 bits per heavy atom. The van der Waals surface area contributed by atoms with Crippen molar-refractivity contribution in [1.82, 2.24) is 14.1 Å². The topological polar surface area (TPSA) is 78.0 Å². The number of carbonyl (C=O) groups excluding carboxylic acids is 2. The number of hydrogen-bond acceptors (Lipinski definition) is 4. The third-order valence-electron chi connectivity index (χ3n) is 5.75. The van der Waals surface area contributed by atoms with Crippen molar-refractivity contribution in [1.29, 1.82) is 0 Å². The van der Waals surface area contributed by atoms with E-state index >= 15 is 0 Å². The molecule has 0 N–H and O–H groups in total. The monoisotopic (exact) mass is 421 g/mol. The lowest BCUT2D eigenvalue weighted by molar-refractivity contribution is -0.139. The first-order valence-corrected chi connectivity index (χ1v) is 11.8. The Morgan fingerprint density at radius 3 is 1.93 bits per heavy atom. The third-order valence-corrected chi connectivity index (χ3v) is 7.66. The van der Waals surface area contributed by atoms with E-state index in [4.69, 9.17) is 0 Å². The quantitative estimate of drug-likeness (QED) is 0.726. The van der Waals surface area contributed by atoms with E-state index in [0.29, 0.717) is 24.9 Å². The third kappa shape index (κ3) is 5.36. The maximum Gasteiger partial charge on any atom is 0.243 e. The molecule has 2 atom stereocenters. The summed E-state index contributed by atoms with van der Waals surface area (Å²) in [5.74, 6) is 0.964. The van der Waals surface area contributed by atoms with E-state index < -0.39 is 10.0 Å². The molecule has 160 valence electrons. The van der Waals surface area contributed by atoms with Crippen LogP contribution in [0.1, 0.15) is 33.1 Å². The standard InChI is InChI=1S/C21H31N3O4S/c1-17-14-18(2)16-23(15-17)21(26)9-8-20(25)22-10-12-24(13-11-22)29(27,28)19-6-4-3-5-7-19/h3-7,17-18H,8-16H2,1-2H3/t17-,18-/m0/s1. The first kappa shape index (κ1) is 21.8. The number of likely N-dealkylation sites (tertiary alicyclic amines) is 1. The van der Waals surface area contributed by atoms with Gasteiger partial charge in [-0.1, -0.05) is 32.0 Å². The fraction of sp³-hybridized carbons (Fsp3) is 0.619. The average Bonchev–Trinajstić information content (AvgIpc) is 2.71. The van der Waals surface area contributed by atoms with Crippen LogP contribution in [0.2, 0.25) is 0 Å². The smallest absolute Gasteiger partial charge is 0.243 e. The molecule has 0 unspecified atom stereocenters. The predicted molar refractivity (Wildman–Crippen MR) is 111 cm³/mol. The molecule has 0 spiro atoms. The van der Waals surface area contributed by atoms with Crippen LogP contribution in [-0.2, 0) is 19.6 Å². The van der Waals surface area contributed by atoms with Crippen molar-refractivity contribution in [2.45, 2.75) is 38.0 Å². The molecule has 7 nitrogen and oxygen atoms in total. The van der Waals surface area contributed by atoms with Gasteiger partial charge in [0.2, 0.25) is 21.8 Å². The molecule has 3 rings (SSSR count). The SMILES string of the molecule is C[C@H]1C[C@H](C)CN(C(=O)CCC(=O)N2CCN(S(=O)(=O)c3ccccc3)CC2)C1. The second-order valence-corrected chi connectivity index (χ2v) is 10.3. The van der Waals surface area contributed by atoms with Gasteiger partial charge in [0.25, 0.3) is 0 Å². The van der Waals surface area contributed by atoms with Crippen LogP contribution in [0.25, 0.3) is 0 Å². The molecule has 2 amide bonds. The van der Waals surface area contributed by atoms with Crippen molar-refractivity contribution < 1.29 is 18.0 Å². The largest absolute Gasteiger partial charge is 0.342 e. The number of carbonyl (C=O) groups is 2. The number of hydrogen-bond donors (Lipinski definition) is 0. The minimum Gasteiger partial charge on any atom is -0.342 e. The summed E-state index contributed by atoms with van der Waals surface area (Å²) >= 11 is 0. The van der Waals surface area contributed by atoms with Crippen LogP contribution in [0.4, 0.5) is 0 Å². The molecule has 8 heteroatoms. The zero-order valence-electron chi connectivity index (χ0n) is 17.3. The van der Waals surface area contributed by atoms with Gasteiger partial charge in [-0.3, -0.25) is 9.59 Å². The summed E-state index contributed by atoms with van der Waals surface area (Å²) in [4.78, 5) is 28.8. The molecule has 2 fully saturated rings. The Morgan fingerprint density at radius 2 is 1.38 bits per heavy atom. The number of piperidine rings is 1. The first-order chi connectivity index (χ1) is 13.8. The average molecular weight is 422 g/mol. The van der Waals surface area contributed by atoms with Crippen LogP contribution in [0.15, 0.2) is 35.2 Å². The van der Waals surface area contributed by atoms with Crippen LogP contribution >= 0.6 is 0 Å². The number of sulfonamides is 1. The zero-order valence-corrected chi connectivity index (χ0v) is 18.1. The predicted octanol–water partition coefficient (Wildman–Crippen LogP) is 1.80. The highest BCUT2D eigenvalue weighted by Gasteiger charge is 2.30. The number of rotatable bonds is 5. The van der Waals surface area contributed by atoms with Crippen LogP contribution in [0.5, 0.6) is 0 Å². The van der Waals surface area contributed by atoms with Gasteiger partial charge in [-0.25, -0.2) is 8.42 Å². The van der Waals surface area contributed by atoms with Crippen LogP contribution in [-0.4, -0.2) is 73.6 Å². The molecule has 0 aliphatic carbocycles. The summed E-state index contributed by atoms with van der Waals surface area (Å²) in [5, 5.41) is 0. The van der Waals surface area contributed by atoms with Crippen molar-refractivity contribution >= 4 is 21.8 Å². The fourth-order valence-corrected chi connectivity index (χ4v) is 5.76. The number of nitrogens with zero attached hydrogens (tertiary/aromatic N) is 3. The fourth-order valence-electron chi connectivity index (χ4n) is 4.32. The van der Waals surface area contributed by atoms with Crippen molar-refractivity contribution in [3.63, 3.8) is 0 Å². The lowest BCUT2D eigenvalue weighted by Crippen LogP contribution is -2.50. The van der Waals surface area contributed by atoms with Crippen molar-refractivity contribution in [2.75, 3.05) is 39.3 Å². The molecule has 0 radical (unpaired) electrons. The molecule has 1 aromatic carbocycles. The number of amides is 2. The van der Waals surface area contributed by atoms with Gasteiger partial charge in [-0.05, 0) is 30.4 Å². The van der Waals surface area contributed by atoms with Gasteiger partial charge >= 0.3 is 0 Å². The molecule has 2 saturated heterocycles. The summed E-state index contributed by atoms with van der Waals surface area (Å²) in [7, 11) is -3.53. The van der Waals surface area contributed by atoms with E-state index in [9.17, 15) is 18.0 Å². The highest BCUT2D eigenvalue weighted by molar-refractivity contribution is 7.89. The summed E-state index contributed by atoms with van der Waals surface area (Å²) < 4.78 is 26.8. The minimum absolute atomic E-state index is 0.0436. The molecule has 0 aromatic heterocycles. The van der Waals surface area contributed by atoms with E-state index in [1.54, 1.807) is 35.2 Å². The van der Waals surface area contributed by atoms with Crippen LogP contribution in [0.3, 0.4) is 0 Å². The Kier molecular flexibility index (Phi) is 6.95. The van der Waals surface area contributed by atoms with Gasteiger partial charge in [0.1, 0.15) is 0 Å². The Hall–Kier alpha value is -1.93. The summed E-state index contributed by atoms with van der Waals surface area (Å²) in [6.45, 7) is 7.12. The Bertz CT molecular complexity index is 810. The second kappa shape index (κ2) is 9.26. The molecule has 2 heterocycles. The van der Waals surface area contributed by atoms with Gasteiger partial charge in [0, 0.05) is 52.1 Å².